The number of hydrogen-bond donors (Lipinski definition) is 1. The third-order valence-corrected chi connectivity index (χ3v) is 3.12. The first-order valence-electron chi connectivity index (χ1n) is 6.60. The van der Waals surface area contributed by atoms with E-state index in [9.17, 15) is 0 Å². The lowest BCUT2D eigenvalue weighted by Gasteiger charge is -2.21. The Labute approximate surface area is 109 Å². The fourth-order valence-electron chi connectivity index (χ4n) is 1.97. The molecule has 0 radical (unpaired) electrons. The first-order chi connectivity index (χ1) is 8.76. The zero-order chi connectivity index (χ0) is 13.0. The molecule has 0 aliphatic heterocycles. The third kappa shape index (κ3) is 3.03. The van der Waals surface area contributed by atoms with Crippen LogP contribution in [0.15, 0.2) is 6.33 Å². The van der Waals surface area contributed by atoms with Crippen LogP contribution in [0.3, 0.4) is 0 Å². The van der Waals surface area contributed by atoms with Crippen LogP contribution in [0.1, 0.15) is 26.2 Å². The van der Waals surface area contributed by atoms with Gasteiger partial charge < -0.3 is 15.0 Å². The maximum atomic E-state index is 5.47. The molecule has 2 rings (SSSR count). The number of methoxy groups -OCH3 is 1. The quantitative estimate of drug-likeness (QED) is 0.803. The molecule has 1 N–H and O–H groups in total. The molecule has 0 spiro atoms. The Bertz CT molecular complexity index is 393. The molecule has 0 amide bonds. The molecule has 1 aromatic heterocycles. The summed E-state index contributed by atoms with van der Waals surface area (Å²) in [7, 11) is 3.73. The highest BCUT2D eigenvalue weighted by atomic mass is 16.5. The summed E-state index contributed by atoms with van der Waals surface area (Å²) in [5.41, 5.74) is 0. The highest BCUT2D eigenvalue weighted by Crippen LogP contribution is 2.35. The van der Waals surface area contributed by atoms with E-state index >= 15 is 0 Å². The summed E-state index contributed by atoms with van der Waals surface area (Å²) < 4.78 is 5.47. The second-order valence-electron chi connectivity index (χ2n) is 4.83. The van der Waals surface area contributed by atoms with E-state index in [4.69, 9.17) is 4.74 Å². The van der Waals surface area contributed by atoms with Gasteiger partial charge in [0.1, 0.15) is 6.33 Å². The van der Waals surface area contributed by atoms with Gasteiger partial charge in [-0.05, 0) is 25.2 Å². The van der Waals surface area contributed by atoms with Crippen molar-refractivity contribution in [3.8, 4) is 5.75 Å². The van der Waals surface area contributed by atoms with Crippen molar-refractivity contribution in [3.05, 3.63) is 6.33 Å². The molecule has 1 heterocycles. The van der Waals surface area contributed by atoms with Crippen molar-refractivity contribution < 1.29 is 4.74 Å². The molecular weight excluding hydrogens is 228 g/mol. The first-order valence-corrected chi connectivity index (χ1v) is 6.60. The molecule has 0 saturated heterocycles. The summed E-state index contributed by atoms with van der Waals surface area (Å²) in [5, 5.41) is 3.28. The predicted octanol–water partition coefficient (Wildman–Crippen LogP) is 2.15. The SMILES string of the molecule is CCCNc1ncnc(N(C)CC2CC2)c1OC. The lowest BCUT2D eigenvalue weighted by Crippen LogP contribution is -2.22. The monoisotopic (exact) mass is 250 g/mol. The van der Waals surface area contributed by atoms with Gasteiger partial charge in [-0.2, -0.15) is 0 Å². The Hall–Kier alpha value is -1.52. The van der Waals surface area contributed by atoms with Crippen LogP contribution in [0, 0.1) is 5.92 Å². The normalized spacial score (nSPS) is 14.4. The Morgan fingerprint density at radius 3 is 2.83 bits per heavy atom. The van der Waals surface area contributed by atoms with E-state index in [-0.39, 0.29) is 0 Å². The molecule has 18 heavy (non-hydrogen) atoms. The second-order valence-corrected chi connectivity index (χ2v) is 4.83. The average Bonchev–Trinajstić information content (AvgIpc) is 3.19. The largest absolute Gasteiger partial charge is 0.490 e. The minimum atomic E-state index is 0.745. The Balaban J connectivity index is 2.16. The van der Waals surface area contributed by atoms with Crippen molar-refractivity contribution in [1.29, 1.82) is 0 Å². The molecule has 1 aliphatic rings. The van der Waals surface area contributed by atoms with Crippen LogP contribution in [-0.2, 0) is 0 Å². The fraction of sp³-hybridized carbons (Fsp3) is 0.692. The van der Waals surface area contributed by atoms with E-state index in [1.165, 1.54) is 12.8 Å². The summed E-state index contributed by atoms with van der Waals surface area (Å²) in [4.78, 5) is 10.8. The molecule has 0 atom stereocenters. The highest BCUT2D eigenvalue weighted by molar-refractivity contribution is 5.64. The molecule has 1 aliphatic carbocycles. The van der Waals surface area contributed by atoms with Gasteiger partial charge in [-0.3, -0.25) is 0 Å². The lowest BCUT2D eigenvalue weighted by atomic mass is 10.3. The van der Waals surface area contributed by atoms with E-state index in [1.54, 1.807) is 13.4 Å². The Morgan fingerprint density at radius 1 is 1.44 bits per heavy atom. The summed E-state index contributed by atoms with van der Waals surface area (Å²) in [5.74, 6) is 3.22. The zero-order valence-electron chi connectivity index (χ0n) is 11.4. The summed E-state index contributed by atoms with van der Waals surface area (Å²) in [6.07, 6.45) is 5.32. The summed E-state index contributed by atoms with van der Waals surface area (Å²) in [6, 6.07) is 0. The van der Waals surface area contributed by atoms with Crippen molar-refractivity contribution in [2.45, 2.75) is 26.2 Å². The Morgan fingerprint density at radius 2 is 2.22 bits per heavy atom. The zero-order valence-corrected chi connectivity index (χ0v) is 11.4. The third-order valence-electron chi connectivity index (χ3n) is 3.12. The fourth-order valence-corrected chi connectivity index (χ4v) is 1.97. The number of ether oxygens (including phenoxy) is 1. The van der Waals surface area contributed by atoms with E-state index in [0.717, 1.165) is 42.8 Å². The van der Waals surface area contributed by atoms with Crippen LogP contribution < -0.4 is 15.0 Å². The molecule has 5 heteroatoms. The van der Waals surface area contributed by atoms with Gasteiger partial charge in [-0.25, -0.2) is 9.97 Å². The van der Waals surface area contributed by atoms with Crippen LogP contribution in [0.25, 0.3) is 0 Å². The number of nitrogens with zero attached hydrogens (tertiary/aromatic N) is 3. The van der Waals surface area contributed by atoms with Gasteiger partial charge in [-0.1, -0.05) is 6.92 Å². The van der Waals surface area contributed by atoms with Crippen molar-refractivity contribution in [1.82, 2.24) is 9.97 Å². The van der Waals surface area contributed by atoms with Crippen LogP contribution in [0.2, 0.25) is 0 Å². The van der Waals surface area contributed by atoms with Crippen LogP contribution >= 0.6 is 0 Å². The van der Waals surface area contributed by atoms with E-state index in [2.05, 4.69) is 34.2 Å². The average molecular weight is 250 g/mol. The topological polar surface area (TPSA) is 50.3 Å². The Kier molecular flexibility index (Phi) is 4.23. The second kappa shape index (κ2) is 5.89. The number of aromatic nitrogens is 2. The van der Waals surface area contributed by atoms with Crippen molar-refractivity contribution in [3.63, 3.8) is 0 Å². The smallest absolute Gasteiger partial charge is 0.204 e. The summed E-state index contributed by atoms with van der Waals surface area (Å²) >= 11 is 0. The van der Waals surface area contributed by atoms with Crippen molar-refractivity contribution >= 4 is 11.6 Å². The molecule has 0 aromatic carbocycles. The molecule has 1 aromatic rings. The summed E-state index contributed by atoms with van der Waals surface area (Å²) in [6.45, 7) is 4.06. The van der Waals surface area contributed by atoms with E-state index < -0.39 is 0 Å². The van der Waals surface area contributed by atoms with Gasteiger partial charge in [0.2, 0.25) is 5.75 Å². The van der Waals surface area contributed by atoms with Crippen LogP contribution in [0.4, 0.5) is 11.6 Å². The van der Waals surface area contributed by atoms with Crippen LogP contribution in [0.5, 0.6) is 5.75 Å². The standard InChI is InChI=1S/C13H22N4O/c1-4-7-14-12-11(18-3)13(16-9-15-12)17(2)8-10-5-6-10/h9-10H,4-8H2,1-3H3,(H,14,15,16). The van der Waals surface area contributed by atoms with Gasteiger partial charge in [0.15, 0.2) is 11.6 Å². The molecular formula is C13H22N4O. The molecule has 100 valence electrons. The molecule has 0 bridgehead atoms. The van der Waals surface area contributed by atoms with Gasteiger partial charge in [0.25, 0.3) is 0 Å². The van der Waals surface area contributed by atoms with Gasteiger partial charge in [0.05, 0.1) is 7.11 Å². The molecule has 5 nitrogen and oxygen atoms in total. The molecule has 0 unspecified atom stereocenters. The lowest BCUT2D eigenvalue weighted by molar-refractivity contribution is 0.412. The van der Waals surface area contributed by atoms with E-state index in [0.29, 0.717) is 0 Å². The highest BCUT2D eigenvalue weighted by Gasteiger charge is 2.25. The number of hydrogen-bond acceptors (Lipinski definition) is 5. The van der Waals surface area contributed by atoms with Gasteiger partial charge in [-0.15, -0.1) is 0 Å². The molecule has 1 saturated carbocycles. The van der Waals surface area contributed by atoms with Gasteiger partial charge in [0, 0.05) is 20.1 Å². The first kappa shape index (κ1) is 12.9. The number of nitrogens with one attached hydrogen (secondary N) is 1. The number of anilines is 2. The minimum absolute atomic E-state index is 0.745. The maximum Gasteiger partial charge on any atom is 0.204 e. The number of rotatable bonds is 7. The maximum absolute atomic E-state index is 5.47. The minimum Gasteiger partial charge on any atom is -0.490 e. The van der Waals surface area contributed by atoms with Crippen molar-refractivity contribution in [2.24, 2.45) is 5.92 Å². The van der Waals surface area contributed by atoms with E-state index in [1.807, 2.05) is 0 Å². The van der Waals surface area contributed by atoms with Crippen LogP contribution in [-0.4, -0.2) is 37.2 Å². The molecule has 1 fully saturated rings. The van der Waals surface area contributed by atoms with Crippen molar-refractivity contribution in [2.75, 3.05) is 37.5 Å². The van der Waals surface area contributed by atoms with Gasteiger partial charge >= 0.3 is 0 Å². The predicted molar refractivity (Wildman–Crippen MR) is 73.4 cm³/mol.